The molecule has 0 bridgehead atoms. The smallest absolute Gasteiger partial charge is 0.407 e. The fraction of sp³-hybridized carbons (Fsp3) is 0.440. The number of carbonyl (C=O) groups excluding carboxylic acids is 1. The Morgan fingerprint density at radius 1 is 1.09 bits per heavy atom. The molecule has 7 heteroatoms. The van der Waals surface area contributed by atoms with Gasteiger partial charge in [0.2, 0.25) is 0 Å². The van der Waals surface area contributed by atoms with E-state index in [0.29, 0.717) is 5.92 Å². The van der Waals surface area contributed by atoms with E-state index in [9.17, 15) is 9.18 Å². The van der Waals surface area contributed by atoms with Crippen molar-refractivity contribution in [3.05, 3.63) is 54.5 Å². The third kappa shape index (κ3) is 4.16. The predicted molar refractivity (Wildman–Crippen MR) is 123 cm³/mol. The number of hydrogen-bond acceptors (Lipinski definition) is 4. The monoisotopic (exact) mass is 436 g/mol. The number of rotatable bonds is 4. The Balaban J connectivity index is 1.38. The molecule has 1 amide bonds. The van der Waals surface area contributed by atoms with Crippen molar-refractivity contribution in [1.29, 1.82) is 0 Å². The Kier molecular flexibility index (Phi) is 5.07. The second-order valence-electron chi connectivity index (χ2n) is 9.84. The molecule has 1 aliphatic carbocycles. The van der Waals surface area contributed by atoms with Crippen LogP contribution in [0.1, 0.15) is 40.0 Å². The van der Waals surface area contributed by atoms with E-state index < -0.39 is 5.60 Å². The van der Waals surface area contributed by atoms with Gasteiger partial charge in [0.15, 0.2) is 0 Å². The van der Waals surface area contributed by atoms with Crippen LogP contribution in [0, 0.1) is 11.7 Å². The topological polar surface area (TPSA) is 59.4 Å². The highest BCUT2D eigenvalue weighted by molar-refractivity contribution is 5.84. The van der Waals surface area contributed by atoms with Crippen molar-refractivity contribution in [1.82, 2.24) is 15.1 Å². The molecule has 5 rings (SSSR count). The lowest BCUT2D eigenvalue weighted by molar-refractivity contribution is 0.0500. The highest BCUT2D eigenvalue weighted by Crippen LogP contribution is 2.42. The van der Waals surface area contributed by atoms with Crippen LogP contribution in [0.4, 0.5) is 14.9 Å². The molecule has 0 radical (unpaired) electrons. The summed E-state index contributed by atoms with van der Waals surface area (Å²) in [6, 6.07) is 13.0. The number of anilines is 1. The van der Waals surface area contributed by atoms with Gasteiger partial charge in [0.1, 0.15) is 11.4 Å². The number of aromatic nitrogens is 2. The number of carbonyl (C=O) groups is 1. The number of alkyl carbamates (subject to hydrolysis) is 1. The molecule has 32 heavy (non-hydrogen) atoms. The number of halogens is 1. The fourth-order valence-electron chi connectivity index (χ4n) is 4.74. The quantitative estimate of drug-likeness (QED) is 0.622. The number of nitrogens with zero attached hydrogens (tertiary/aromatic N) is 3. The zero-order valence-corrected chi connectivity index (χ0v) is 18.7. The van der Waals surface area contributed by atoms with Crippen molar-refractivity contribution in [2.45, 2.75) is 57.7 Å². The maximum absolute atomic E-state index is 13.3. The van der Waals surface area contributed by atoms with E-state index in [1.165, 1.54) is 25.0 Å². The standard InChI is InChI=1S/C25H29FN4O2/c1-25(2,3)32-24(31)28-21-12-13-29(23(21)16-4-5-16)20-10-11-22-17(14-20)15-27-30(22)19-8-6-18(26)7-9-19/h6-11,14-16,21,23H,4-5,12-13H2,1-3H3,(H,28,31)/t21-,23+/m0/s1. The zero-order chi connectivity index (χ0) is 22.5. The summed E-state index contributed by atoms with van der Waals surface area (Å²) in [6.07, 6.45) is 4.79. The first kappa shape index (κ1) is 20.8. The van der Waals surface area contributed by atoms with E-state index in [4.69, 9.17) is 4.74 Å². The Morgan fingerprint density at radius 2 is 1.81 bits per heavy atom. The molecule has 6 nitrogen and oxygen atoms in total. The van der Waals surface area contributed by atoms with Crippen LogP contribution in [-0.2, 0) is 4.74 Å². The Labute approximate surface area is 187 Å². The molecule has 0 spiro atoms. The van der Waals surface area contributed by atoms with E-state index in [1.807, 2.05) is 31.6 Å². The minimum atomic E-state index is -0.507. The first-order valence-electron chi connectivity index (χ1n) is 11.3. The van der Waals surface area contributed by atoms with Crippen LogP contribution >= 0.6 is 0 Å². The molecule has 3 aromatic rings. The second-order valence-corrected chi connectivity index (χ2v) is 9.84. The Hall–Kier alpha value is -3.09. The lowest BCUT2D eigenvalue weighted by Crippen LogP contribution is -2.47. The van der Waals surface area contributed by atoms with E-state index in [-0.39, 0.29) is 24.0 Å². The van der Waals surface area contributed by atoms with Gasteiger partial charge in [-0.1, -0.05) is 0 Å². The molecule has 168 valence electrons. The average molecular weight is 437 g/mol. The van der Waals surface area contributed by atoms with Gasteiger partial charge >= 0.3 is 6.09 Å². The summed E-state index contributed by atoms with van der Waals surface area (Å²) in [7, 11) is 0. The largest absolute Gasteiger partial charge is 0.444 e. The summed E-state index contributed by atoms with van der Waals surface area (Å²) < 4.78 is 20.6. The van der Waals surface area contributed by atoms with Crippen molar-refractivity contribution < 1.29 is 13.9 Å². The number of hydrogen-bond donors (Lipinski definition) is 1. The van der Waals surface area contributed by atoms with Gasteiger partial charge in [-0.15, -0.1) is 0 Å². The Bertz CT molecular complexity index is 1130. The molecule has 2 heterocycles. The maximum atomic E-state index is 13.3. The SMILES string of the molecule is CC(C)(C)OC(=O)N[C@H]1CCN(c2ccc3c(cnn3-c3ccc(F)cc3)c2)[C@@H]1C1CC1. The van der Waals surface area contributed by atoms with Crippen molar-refractivity contribution in [3.8, 4) is 5.69 Å². The lowest BCUT2D eigenvalue weighted by Gasteiger charge is -2.31. The van der Waals surface area contributed by atoms with Crippen molar-refractivity contribution in [3.63, 3.8) is 0 Å². The van der Waals surface area contributed by atoms with E-state index in [1.54, 1.807) is 12.1 Å². The third-order valence-corrected chi connectivity index (χ3v) is 6.21. The minimum Gasteiger partial charge on any atom is -0.444 e. The van der Waals surface area contributed by atoms with E-state index >= 15 is 0 Å². The second kappa shape index (κ2) is 7.80. The summed E-state index contributed by atoms with van der Waals surface area (Å²) in [4.78, 5) is 14.8. The predicted octanol–water partition coefficient (Wildman–Crippen LogP) is 5.05. The maximum Gasteiger partial charge on any atom is 0.407 e. The van der Waals surface area contributed by atoms with Crippen molar-refractivity contribution in [2.24, 2.45) is 5.92 Å². The zero-order valence-electron chi connectivity index (χ0n) is 18.7. The van der Waals surface area contributed by atoms with Crippen LogP contribution in [0.5, 0.6) is 0 Å². The van der Waals surface area contributed by atoms with Gasteiger partial charge in [-0.05, 0) is 88.4 Å². The third-order valence-electron chi connectivity index (χ3n) is 6.21. The van der Waals surface area contributed by atoms with Crippen LogP contribution in [-0.4, -0.2) is 40.1 Å². The first-order chi connectivity index (χ1) is 15.3. The van der Waals surface area contributed by atoms with Gasteiger partial charge in [-0.2, -0.15) is 5.10 Å². The number of nitrogens with one attached hydrogen (secondary N) is 1. The highest BCUT2D eigenvalue weighted by Gasteiger charge is 2.45. The summed E-state index contributed by atoms with van der Waals surface area (Å²) in [6.45, 7) is 6.53. The van der Waals surface area contributed by atoms with Gasteiger partial charge in [0, 0.05) is 17.6 Å². The molecule has 1 saturated carbocycles. The molecule has 1 aromatic heterocycles. The van der Waals surface area contributed by atoms with Gasteiger partial charge in [0.25, 0.3) is 0 Å². The molecule has 2 fully saturated rings. The van der Waals surface area contributed by atoms with Crippen LogP contribution in [0.2, 0.25) is 0 Å². The van der Waals surface area contributed by atoms with Crippen LogP contribution in [0.15, 0.2) is 48.7 Å². The Morgan fingerprint density at radius 3 is 2.50 bits per heavy atom. The summed E-state index contributed by atoms with van der Waals surface area (Å²) in [5.41, 5.74) is 2.44. The number of benzene rings is 2. The molecule has 2 aromatic carbocycles. The minimum absolute atomic E-state index is 0.0787. The normalized spacial score (nSPS) is 21.2. The van der Waals surface area contributed by atoms with E-state index in [2.05, 4.69) is 33.5 Å². The van der Waals surface area contributed by atoms with Crippen molar-refractivity contribution in [2.75, 3.05) is 11.4 Å². The molecule has 2 atom stereocenters. The first-order valence-corrected chi connectivity index (χ1v) is 11.3. The van der Waals surface area contributed by atoms with Gasteiger partial charge < -0.3 is 15.0 Å². The van der Waals surface area contributed by atoms with Gasteiger partial charge in [-0.25, -0.2) is 13.9 Å². The molecule has 0 unspecified atom stereocenters. The summed E-state index contributed by atoms with van der Waals surface area (Å²) in [5, 5.41) is 8.68. The highest BCUT2D eigenvalue weighted by atomic mass is 19.1. The van der Waals surface area contributed by atoms with Gasteiger partial charge in [0.05, 0.1) is 29.5 Å². The van der Waals surface area contributed by atoms with Crippen LogP contribution in [0.25, 0.3) is 16.6 Å². The van der Waals surface area contributed by atoms with Crippen molar-refractivity contribution >= 4 is 22.7 Å². The average Bonchev–Trinajstić information content (AvgIpc) is 3.34. The fourth-order valence-corrected chi connectivity index (χ4v) is 4.74. The number of fused-ring (bicyclic) bond motifs is 1. The number of amides is 1. The van der Waals surface area contributed by atoms with Gasteiger partial charge in [-0.3, -0.25) is 0 Å². The van der Waals surface area contributed by atoms with E-state index in [0.717, 1.165) is 35.2 Å². The van der Waals surface area contributed by atoms with Crippen LogP contribution < -0.4 is 10.2 Å². The molecule has 1 N–H and O–H groups in total. The lowest BCUT2D eigenvalue weighted by atomic mass is 10.0. The summed E-state index contributed by atoms with van der Waals surface area (Å²) in [5.74, 6) is 0.331. The molecule has 1 aliphatic heterocycles. The molecule has 2 aliphatic rings. The van der Waals surface area contributed by atoms with Crippen LogP contribution in [0.3, 0.4) is 0 Å². The number of ether oxygens (including phenoxy) is 1. The molecular weight excluding hydrogens is 407 g/mol. The molecular formula is C25H29FN4O2. The summed E-state index contributed by atoms with van der Waals surface area (Å²) >= 11 is 0. The molecule has 1 saturated heterocycles.